The van der Waals surface area contributed by atoms with Crippen molar-refractivity contribution in [3.8, 4) is 0 Å². The van der Waals surface area contributed by atoms with E-state index in [-0.39, 0.29) is 24.8 Å². The number of carbonyl (C=O) groups is 2. The molecule has 1 aliphatic heterocycles. The van der Waals surface area contributed by atoms with Gasteiger partial charge in [0.1, 0.15) is 11.4 Å². The fourth-order valence-electron chi connectivity index (χ4n) is 4.15. The minimum atomic E-state index is -0.675. The average Bonchev–Trinajstić information content (AvgIpc) is 3.29. The van der Waals surface area contributed by atoms with Crippen molar-refractivity contribution in [3.63, 3.8) is 0 Å². The van der Waals surface area contributed by atoms with E-state index in [1.807, 2.05) is 0 Å². The Bertz CT molecular complexity index is 891. The summed E-state index contributed by atoms with van der Waals surface area (Å²) >= 11 is 0. The second-order valence-electron chi connectivity index (χ2n) is 7.66. The highest BCUT2D eigenvalue weighted by Crippen LogP contribution is 2.37. The molecule has 1 aromatic carbocycles. The van der Waals surface area contributed by atoms with E-state index in [9.17, 15) is 14.0 Å². The van der Waals surface area contributed by atoms with Gasteiger partial charge in [0.15, 0.2) is 5.82 Å². The Morgan fingerprint density at radius 2 is 2.11 bits per heavy atom. The van der Waals surface area contributed by atoms with Crippen molar-refractivity contribution in [2.24, 2.45) is 5.92 Å². The Hall–Kier alpha value is -2.77. The quantitative estimate of drug-likeness (QED) is 0.873. The van der Waals surface area contributed by atoms with Gasteiger partial charge in [-0.3, -0.25) is 9.59 Å². The molecule has 1 saturated carbocycles. The minimum absolute atomic E-state index is 0.0985. The maximum absolute atomic E-state index is 13.5. The largest absolute Gasteiger partial charge is 0.341 e. The van der Waals surface area contributed by atoms with Crippen LogP contribution >= 0.6 is 0 Å². The number of aromatic nitrogens is 2. The molecule has 148 valence electrons. The van der Waals surface area contributed by atoms with Gasteiger partial charge < -0.3 is 14.7 Å². The van der Waals surface area contributed by atoms with Crippen molar-refractivity contribution in [2.75, 3.05) is 11.4 Å². The number of rotatable bonds is 4. The van der Waals surface area contributed by atoms with Crippen molar-refractivity contribution >= 4 is 17.5 Å². The molecule has 7 nitrogen and oxygen atoms in total. The SMILES string of the molecule is Cc1noc(C2(NC(=O)C3CC(=O)N(c4cccc(F)c4)C3)CCCCC2)n1. The lowest BCUT2D eigenvalue weighted by Crippen LogP contribution is -2.50. The van der Waals surface area contributed by atoms with E-state index in [4.69, 9.17) is 4.52 Å². The zero-order valence-corrected chi connectivity index (χ0v) is 15.8. The predicted octanol–water partition coefficient (Wildman–Crippen LogP) is 2.85. The summed E-state index contributed by atoms with van der Waals surface area (Å²) in [5.41, 5.74) is -0.202. The van der Waals surface area contributed by atoms with Crippen molar-refractivity contribution in [3.05, 3.63) is 41.8 Å². The van der Waals surface area contributed by atoms with Crippen LogP contribution in [0.3, 0.4) is 0 Å². The molecule has 28 heavy (non-hydrogen) atoms. The molecule has 0 bridgehead atoms. The summed E-state index contributed by atoms with van der Waals surface area (Å²) in [4.78, 5) is 31.3. The molecule has 2 amide bonds. The van der Waals surface area contributed by atoms with Crippen LogP contribution in [0.25, 0.3) is 0 Å². The van der Waals surface area contributed by atoms with E-state index < -0.39 is 17.3 Å². The lowest BCUT2D eigenvalue weighted by molar-refractivity contribution is -0.129. The normalized spacial score (nSPS) is 21.7. The highest BCUT2D eigenvalue weighted by atomic mass is 19.1. The molecule has 1 atom stereocenters. The molecule has 1 aromatic heterocycles. The van der Waals surface area contributed by atoms with Gasteiger partial charge in [-0.15, -0.1) is 0 Å². The van der Waals surface area contributed by atoms with Gasteiger partial charge in [0.25, 0.3) is 5.89 Å². The van der Waals surface area contributed by atoms with Crippen LogP contribution in [0.2, 0.25) is 0 Å². The van der Waals surface area contributed by atoms with Gasteiger partial charge in [0.2, 0.25) is 11.8 Å². The number of carbonyl (C=O) groups excluding carboxylic acids is 2. The fourth-order valence-corrected chi connectivity index (χ4v) is 4.15. The summed E-state index contributed by atoms with van der Waals surface area (Å²) in [7, 11) is 0. The van der Waals surface area contributed by atoms with Gasteiger partial charge in [0, 0.05) is 18.7 Å². The van der Waals surface area contributed by atoms with Crippen LogP contribution in [-0.4, -0.2) is 28.5 Å². The number of nitrogens with one attached hydrogen (secondary N) is 1. The van der Waals surface area contributed by atoms with E-state index in [1.54, 1.807) is 19.1 Å². The summed E-state index contributed by atoms with van der Waals surface area (Å²) in [6, 6.07) is 5.86. The van der Waals surface area contributed by atoms with Gasteiger partial charge in [-0.05, 0) is 38.0 Å². The molecule has 1 saturated heterocycles. The third-order valence-corrected chi connectivity index (χ3v) is 5.62. The average molecular weight is 386 g/mol. The predicted molar refractivity (Wildman–Crippen MR) is 98.8 cm³/mol. The molecule has 0 spiro atoms. The summed E-state index contributed by atoms with van der Waals surface area (Å²) in [5.74, 6) is -0.335. The van der Waals surface area contributed by atoms with E-state index in [1.165, 1.54) is 17.0 Å². The van der Waals surface area contributed by atoms with Crippen LogP contribution in [0.15, 0.2) is 28.8 Å². The van der Waals surface area contributed by atoms with Crippen LogP contribution in [0.1, 0.15) is 50.2 Å². The molecule has 1 unspecified atom stereocenters. The van der Waals surface area contributed by atoms with Gasteiger partial charge in [-0.2, -0.15) is 4.98 Å². The smallest absolute Gasteiger partial charge is 0.252 e. The van der Waals surface area contributed by atoms with Gasteiger partial charge in [-0.25, -0.2) is 4.39 Å². The van der Waals surface area contributed by atoms with Gasteiger partial charge in [-0.1, -0.05) is 30.5 Å². The Morgan fingerprint density at radius 3 is 2.79 bits per heavy atom. The van der Waals surface area contributed by atoms with Crippen LogP contribution in [0.4, 0.5) is 10.1 Å². The van der Waals surface area contributed by atoms with Crippen molar-refractivity contribution < 1.29 is 18.5 Å². The molecular formula is C20H23FN4O3. The van der Waals surface area contributed by atoms with Crippen LogP contribution in [0, 0.1) is 18.7 Å². The molecule has 4 rings (SSSR count). The van der Waals surface area contributed by atoms with Crippen molar-refractivity contribution in [1.29, 1.82) is 0 Å². The van der Waals surface area contributed by atoms with Crippen LogP contribution in [-0.2, 0) is 15.1 Å². The van der Waals surface area contributed by atoms with E-state index >= 15 is 0 Å². The Labute approximate surface area is 162 Å². The zero-order chi connectivity index (χ0) is 19.7. The molecule has 2 heterocycles. The maximum Gasteiger partial charge on any atom is 0.252 e. The summed E-state index contributed by atoms with van der Waals surface area (Å²) < 4.78 is 18.9. The number of anilines is 1. The lowest BCUT2D eigenvalue weighted by Gasteiger charge is -2.35. The Balaban J connectivity index is 1.51. The number of halogens is 1. The maximum atomic E-state index is 13.5. The summed E-state index contributed by atoms with van der Waals surface area (Å²) in [5, 5.41) is 7.00. The highest BCUT2D eigenvalue weighted by Gasteiger charge is 2.44. The number of hydrogen-bond acceptors (Lipinski definition) is 5. The topological polar surface area (TPSA) is 88.3 Å². The standard InChI is InChI=1S/C20H23FN4O3/c1-13-22-19(28-24-13)20(8-3-2-4-9-20)23-18(27)14-10-17(26)25(12-14)16-7-5-6-15(21)11-16/h5-7,11,14H,2-4,8-10,12H2,1H3,(H,23,27). The zero-order valence-electron chi connectivity index (χ0n) is 15.8. The van der Waals surface area contributed by atoms with E-state index in [0.29, 0.717) is 17.4 Å². The summed E-state index contributed by atoms with van der Waals surface area (Å²) in [6.45, 7) is 1.98. The number of benzene rings is 1. The first-order chi connectivity index (χ1) is 13.5. The monoisotopic (exact) mass is 386 g/mol. The van der Waals surface area contributed by atoms with Crippen LogP contribution < -0.4 is 10.2 Å². The second kappa shape index (κ2) is 7.33. The first-order valence-electron chi connectivity index (χ1n) is 9.66. The van der Waals surface area contributed by atoms with E-state index in [2.05, 4.69) is 15.5 Å². The fraction of sp³-hybridized carbons (Fsp3) is 0.500. The molecule has 8 heteroatoms. The lowest BCUT2D eigenvalue weighted by atomic mass is 9.81. The van der Waals surface area contributed by atoms with Crippen molar-refractivity contribution in [1.82, 2.24) is 15.5 Å². The molecule has 0 radical (unpaired) electrons. The van der Waals surface area contributed by atoms with E-state index in [0.717, 1.165) is 32.1 Å². The minimum Gasteiger partial charge on any atom is -0.341 e. The third kappa shape index (κ3) is 3.50. The van der Waals surface area contributed by atoms with Crippen LogP contribution in [0.5, 0.6) is 0 Å². The molecule has 2 fully saturated rings. The second-order valence-corrected chi connectivity index (χ2v) is 7.66. The van der Waals surface area contributed by atoms with Crippen molar-refractivity contribution in [2.45, 2.75) is 51.0 Å². The number of nitrogens with zero attached hydrogens (tertiary/aromatic N) is 3. The number of amides is 2. The molecule has 1 aliphatic carbocycles. The number of hydrogen-bond donors (Lipinski definition) is 1. The van der Waals surface area contributed by atoms with Gasteiger partial charge in [0.05, 0.1) is 5.92 Å². The summed E-state index contributed by atoms with van der Waals surface area (Å²) in [6.07, 6.45) is 4.58. The third-order valence-electron chi connectivity index (χ3n) is 5.62. The first-order valence-corrected chi connectivity index (χ1v) is 9.66. The molecule has 2 aliphatic rings. The number of aryl methyl sites for hydroxylation is 1. The Morgan fingerprint density at radius 1 is 1.32 bits per heavy atom. The highest BCUT2D eigenvalue weighted by molar-refractivity contribution is 6.00. The Kier molecular flexibility index (Phi) is 4.87. The first kappa shape index (κ1) is 18.6. The van der Waals surface area contributed by atoms with Gasteiger partial charge >= 0.3 is 0 Å². The molecular weight excluding hydrogens is 363 g/mol. The molecule has 2 aromatic rings. The molecule has 1 N–H and O–H groups in total.